The fourth-order valence-corrected chi connectivity index (χ4v) is 4.86. The van der Waals surface area contributed by atoms with Crippen molar-refractivity contribution in [3.8, 4) is 17.9 Å². The van der Waals surface area contributed by atoms with Crippen LogP contribution in [0.5, 0.6) is 0 Å². The second-order valence-corrected chi connectivity index (χ2v) is 10.7. The van der Waals surface area contributed by atoms with Crippen LogP contribution >= 0.6 is 0 Å². The van der Waals surface area contributed by atoms with Gasteiger partial charge in [-0.2, -0.15) is 5.26 Å². The fourth-order valence-electron chi connectivity index (χ4n) is 4.86. The summed E-state index contributed by atoms with van der Waals surface area (Å²) in [6.07, 6.45) is -0.360. The van der Waals surface area contributed by atoms with Gasteiger partial charge in [-0.15, -0.1) is 0 Å². The molecule has 1 atom stereocenters. The van der Waals surface area contributed by atoms with Gasteiger partial charge in [0.25, 0.3) is 0 Å². The molecule has 0 saturated carbocycles. The van der Waals surface area contributed by atoms with E-state index in [4.69, 9.17) is 26.4 Å². The average Bonchev–Trinajstić information content (AvgIpc) is 2.75. The van der Waals surface area contributed by atoms with Crippen LogP contribution < -0.4 is 11.5 Å². The number of allylic oxidation sites excluding steroid dienone is 2. The van der Waals surface area contributed by atoms with Gasteiger partial charge < -0.3 is 30.9 Å². The highest BCUT2D eigenvalue weighted by Gasteiger charge is 2.51. The summed E-state index contributed by atoms with van der Waals surface area (Å²) in [5.74, 6) is 5.73. The summed E-state index contributed by atoms with van der Waals surface area (Å²) < 4.78 is 10.8. The van der Waals surface area contributed by atoms with Gasteiger partial charge in [0.05, 0.1) is 17.9 Å². The van der Waals surface area contributed by atoms with Crippen molar-refractivity contribution in [2.45, 2.75) is 59.2 Å². The zero-order valence-corrected chi connectivity index (χ0v) is 22.2. The predicted octanol–water partition coefficient (Wildman–Crippen LogP) is 3.23. The fraction of sp³-hybridized carbons (Fsp3) is 0.464. The maximum atomic E-state index is 12.2. The molecule has 0 aliphatic carbocycles. The van der Waals surface area contributed by atoms with Crippen LogP contribution in [0.3, 0.4) is 0 Å². The Balaban J connectivity index is 2.05. The normalized spacial score (nSPS) is 21.5. The second-order valence-electron chi connectivity index (χ2n) is 10.7. The number of benzene rings is 1. The Morgan fingerprint density at radius 2 is 2.00 bits per heavy atom. The molecule has 3 rings (SSSR count). The van der Waals surface area contributed by atoms with Crippen LogP contribution in [0.1, 0.15) is 58.2 Å². The third-order valence-corrected chi connectivity index (χ3v) is 6.43. The number of nitrogens with zero attached hydrogens (tertiary/aromatic N) is 2. The van der Waals surface area contributed by atoms with Crippen LogP contribution in [0, 0.1) is 40.4 Å². The average molecular weight is 506 g/mol. The van der Waals surface area contributed by atoms with Gasteiger partial charge in [0.1, 0.15) is 17.2 Å². The van der Waals surface area contributed by atoms with E-state index in [9.17, 15) is 15.2 Å². The van der Waals surface area contributed by atoms with Crippen molar-refractivity contribution in [3.05, 3.63) is 57.6 Å². The van der Waals surface area contributed by atoms with Gasteiger partial charge in [-0.1, -0.05) is 31.8 Å². The molecule has 0 radical (unpaired) electrons. The standard InChI is InChI=1S/C28H35N5O4/c1-16(2)28(22(12-29)24(31)36-25(32)23(28)17(3)30)21-10-18(9-20(11-21)15-34)7-8-19-13-33(14-19)26(35)37-27(4,5)6/h9-11,16,19,32,34H,13-15,30-31H2,1-6H3. The Labute approximate surface area is 218 Å². The van der Waals surface area contributed by atoms with E-state index < -0.39 is 11.0 Å². The van der Waals surface area contributed by atoms with Crippen LogP contribution in [0.2, 0.25) is 0 Å². The number of nitriles is 1. The molecule has 2 aliphatic rings. The molecular formula is C28H35N5O4. The molecule has 2 aliphatic heterocycles. The van der Waals surface area contributed by atoms with E-state index in [2.05, 4.69) is 17.9 Å². The minimum Gasteiger partial charge on any atom is -0.444 e. The van der Waals surface area contributed by atoms with Gasteiger partial charge in [-0.05, 0) is 56.9 Å². The quantitative estimate of drug-likeness (QED) is 0.459. The van der Waals surface area contributed by atoms with E-state index in [1.165, 1.54) is 0 Å². The number of rotatable bonds is 3. The lowest BCUT2D eigenvalue weighted by molar-refractivity contribution is 0.00591. The summed E-state index contributed by atoms with van der Waals surface area (Å²) in [4.78, 5) is 13.8. The van der Waals surface area contributed by atoms with Crippen LogP contribution in [0.4, 0.5) is 4.79 Å². The van der Waals surface area contributed by atoms with Crippen molar-refractivity contribution in [3.63, 3.8) is 0 Å². The van der Waals surface area contributed by atoms with Crippen molar-refractivity contribution in [1.29, 1.82) is 10.7 Å². The van der Waals surface area contributed by atoms with Crippen LogP contribution in [-0.2, 0) is 21.5 Å². The number of ether oxygens (including phenoxy) is 2. The minimum absolute atomic E-state index is 0.0176. The van der Waals surface area contributed by atoms with E-state index in [-0.39, 0.29) is 41.9 Å². The van der Waals surface area contributed by atoms with E-state index >= 15 is 0 Å². The Morgan fingerprint density at radius 3 is 2.51 bits per heavy atom. The maximum Gasteiger partial charge on any atom is 0.410 e. The summed E-state index contributed by atoms with van der Waals surface area (Å²) in [5.41, 5.74) is 13.3. The lowest BCUT2D eigenvalue weighted by atomic mass is 9.60. The molecule has 1 amide bonds. The van der Waals surface area contributed by atoms with Crippen molar-refractivity contribution < 1.29 is 19.4 Å². The van der Waals surface area contributed by atoms with Gasteiger partial charge in [0.2, 0.25) is 11.8 Å². The minimum atomic E-state index is -1.17. The SMILES string of the molecule is CC(N)=C1C(=N)OC(N)=C(C#N)C1(c1cc(C#CC2CN(C(=O)OC(C)(C)C)C2)cc(CO)c1)C(C)C. The van der Waals surface area contributed by atoms with Gasteiger partial charge in [0, 0.05) is 29.9 Å². The smallest absolute Gasteiger partial charge is 0.410 e. The molecular weight excluding hydrogens is 470 g/mol. The molecule has 37 heavy (non-hydrogen) atoms. The summed E-state index contributed by atoms with van der Waals surface area (Å²) in [6.45, 7) is 11.7. The van der Waals surface area contributed by atoms with Crippen molar-refractivity contribution in [1.82, 2.24) is 4.90 Å². The summed E-state index contributed by atoms with van der Waals surface area (Å²) >= 11 is 0. The number of amides is 1. The number of aliphatic hydroxyl groups is 1. The molecule has 0 spiro atoms. The Bertz CT molecular complexity index is 1280. The predicted molar refractivity (Wildman–Crippen MR) is 140 cm³/mol. The number of hydrogen-bond acceptors (Lipinski definition) is 8. The molecule has 1 aromatic carbocycles. The molecule has 1 aromatic rings. The lowest BCUT2D eigenvalue weighted by Gasteiger charge is -2.43. The summed E-state index contributed by atoms with van der Waals surface area (Å²) in [7, 11) is 0. The highest BCUT2D eigenvalue weighted by Crippen LogP contribution is 2.50. The first-order valence-corrected chi connectivity index (χ1v) is 12.1. The first-order valence-electron chi connectivity index (χ1n) is 12.1. The first-order chi connectivity index (χ1) is 17.2. The Hall–Kier alpha value is -3.95. The van der Waals surface area contributed by atoms with Crippen molar-refractivity contribution >= 4 is 12.0 Å². The number of likely N-dealkylation sites (tertiary alicyclic amines) is 1. The third kappa shape index (κ3) is 5.28. The Kier molecular flexibility index (Phi) is 7.62. The van der Waals surface area contributed by atoms with E-state index in [0.717, 1.165) is 0 Å². The highest BCUT2D eigenvalue weighted by atomic mass is 16.6. The molecule has 0 aromatic heterocycles. The van der Waals surface area contributed by atoms with Crippen LogP contribution in [-0.4, -0.2) is 40.7 Å². The molecule has 2 heterocycles. The van der Waals surface area contributed by atoms with E-state index in [1.54, 1.807) is 24.0 Å². The van der Waals surface area contributed by atoms with E-state index in [0.29, 0.717) is 41.1 Å². The van der Waals surface area contributed by atoms with Crippen LogP contribution in [0.25, 0.3) is 0 Å². The number of aliphatic hydroxyl groups excluding tert-OH is 1. The van der Waals surface area contributed by atoms with Gasteiger partial charge in [-0.3, -0.25) is 5.41 Å². The van der Waals surface area contributed by atoms with Gasteiger partial charge in [-0.25, -0.2) is 4.79 Å². The zero-order chi connectivity index (χ0) is 27.7. The van der Waals surface area contributed by atoms with Crippen LogP contribution in [0.15, 0.2) is 40.9 Å². The molecule has 196 valence electrons. The highest BCUT2D eigenvalue weighted by molar-refractivity contribution is 5.98. The summed E-state index contributed by atoms with van der Waals surface area (Å²) in [5, 5.41) is 28.6. The lowest BCUT2D eigenvalue weighted by Crippen LogP contribution is -2.51. The topological polar surface area (TPSA) is 159 Å². The number of nitrogens with one attached hydrogen (secondary N) is 1. The molecule has 6 N–H and O–H groups in total. The summed E-state index contributed by atoms with van der Waals surface area (Å²) in [6, 6.07) is 7.58. The van der Waals surface area contributed by atoms with E-state index in [1.807, 2.05) is 40.7 Å². The largest absolute Gasteiger partial charge is 0.444 e. The number of nitrogens with two attached hydrogens (primary N) is 2. The Morgan fingerprint density at radius 1 is 1.35 bits per heavy atom. The zero-order valence-electron chi connectivity index (χ0n) is 22.2. The first kappa shape index (κ1) is 27.6. The molecule has 1 saturated heterocycles. The maximum absolute atomic E-state index is 12.2. The molecule has 1 unspecified atom stereocenters. The third-order valence-electron chi connectivity index (χ3n) is 6.43. The van der Waals surface area contributed by atoms with Gasteiger partial charge in [0.15, 0.2) is 0 Å². The molecule has 9 nitrogen and oxygen atoms in total. The molecule has 0 bridgehead atoms. The number of hydrogen-bond donors (Lipinski definition) is 4. The van der Waals surface area contributed by atoms with Gasteiger partial charge >= 0.3 is 6.09 Å². The molecule has 9 heteroatoms. The number of carbonyl (C=O) groups is 1. The second kappa shape index (κ2) is 10.2. The number of carbonyl (C=O) groups excluding carboxylic acids is 1. The molecule has 1 fully saturated rings. The van der Waals surface area contributed by atoms with Crippen molar-refractivity contribution in [2.24, 2.45) is 23.3 Å². The van der Waals surface area contributed by atoms with Crippen molar-refractivity contribution in [2.75, 3.05) is 13.1 Å². The monoisotopic (exact) mass is 505 g/mol.